The number of benzene rings is 1. The summed E-state index contributed by atoms with van der Waals surface area (Å²) in [6.45, 7) is 1.38. The smallest absolute Gasteiger partial charge is 0.123 e. The number of phenols is 1. The molecule has 1 aromatic rings. The molecule has 0 bridgehead atoms. The number of aromatic hydroxyl groups is 1. The Morgan fingerprint density at radius 1 is 1.35 bits per heavy atom. The van der Waals surface area contributed by atoms with Gasteiger partial charge in [0, 0.05) is 24.8 Å². The molecule has 0 unspecified atom stereocenters. The van der Waals surface area contributed by atoms with Gasteiger partial charge in [0.05, 0.1) is 0 Å². The molecule has 1 fully saturated rings. The van der Waals surface area contributed by atoms with Crippen LogP contribution in [-0.4, -0.2) is 18.3 Å². The van der Waals surface area contributed by atoms with Gasteiger partial charge in [0.25, 0.3) is 0 Å². The molecule has 0 radical (unpaired) electrons. The Balaban J connectivity index is 0.00000144. The Morgan fingerprint density at radius 3 is 2.65 bits per heavy atom. The molecule has 0 saturated carbocycles. The summed E-state index contributed by atoms with van der Waals surface area (Å²) in [5.41, 5.74) is 6.55. The number of hydrogen-bond acceptors (Lipinski definition) is 3. The second-order valence-corrected chi connectivity index (χ2v) is 4.18. The first-order valence-electron chi connectivity index (χ1n) is 5.50. The highest BCUT2D eigenvalue weighted by Crippen LogP contribution is 2.32. The predicted molar refractivity (Wildman–Crippen MR) is 65.8 cm³/mol. The maximum atomic E-state index is 13.1. The average Bonchev–Trinajstić information content (AvgIpc) is 2.32. The van der Waals surface area contributed by atoms with Crippen LogP contribution in [0.15, 0.2) is 18.2 Å². The summed E-state index contributed by atoms with van der Waals surface area (Å²) < 4.78 is 18.3. The van der Waals surface area contributed by atoms with E-state index in [0.29, 0.717) is 18.8 Å². The molecule has 1 heterocycles. The number of rotatable bonds is 2. The summed E-state index contributed by atoms with van der Waals surface area (Å²) in [6.07, 6.45) is 1.72. The maximum absolute atomic E-state index is 13.1. The third-order valence-corrected chi connectivity index (χ3v) is 3.12. The summed E-state index contributed by atoms with van der Waals surface area (Å²) in [6, 6.07) is 3.58. The third-order valence-electron chi connectivity index (χ3n) is 3.12. The van der Waals surface area contributed by atoms with Gasteiger partial charge in [0.1, 0.15) is 11.6 Å². The van der Waals surface area contributed by atoms with E-state index in [9.17, 15) is 9.50 Å². The fourth-order valence-electron chi connectivity index (χ4n) is 2.12. The minimum absolute atomic E-state index is 0. The lowest BCUT2D eigenvalue weighted by Gasteiger charge is -2.28. The van der Waals surface area contributed by atoms with Crippen LogP contribution in [0.4, 0.5) is 4.39 Å². The monoisotopic (exact) mass is 261 g/mol. The zero-order valence-electron chi connectivity index (χ0n) is 9.43. The predicted octanol–water partition coefficient (Wildman–Crippen LogP) is 2.38. The van der Waals surface area contributed by atoms with Crippen molar-refractivity contribution in [2.75, 3.05) is 13.2 Å². The van der Waals surface area contributed by atoms with Crippen molar-refractivity contribution >= 4 is 12.4 Å². The lowest BCUT2D eigenvalue weighted by Crippen LogP contribution is -2.27. The van der Waals surface area contributed by atoms with Crippen LogP contribution < -0.4 is 5.73 Å². The molecule has 1 atom stereocenters. The van der Waals surface area contributed by atoms with Crippen LogP contribution in [0.25, 0.3) is 0 Å². The normalized spacial score (nSPS) is 18.5. The molecule has 0 amide bonds. The van der Waals surface area contributed by atoms with E-state index >= 15 is 0 Å². The van der Waals surface area contributed by atoms with E-state index in [-0.39, 0.29) is 35.9 Å². The number of hydrogen-bond donors (Lipinski definition) is 2. The Morgan fingerprint density at radius 2 is 2.00 bits per heavy atom. The molecule has 1 aliphatic heterocycles. The van der Waals surface area contributed by atoms with Gasteiger partial charge >= 0.3 is 0 Å². The van der Waals surface area contributed by atoms with Gasteiger partial charge in [-0.05, 0) is 37.0 Å². The van der Waals surface area contributed by atoms with Crippen molar-refractivity contribution in [3.8, 4) is 5.75 Å². The number of nitrogens with two attached hydrogens (primary N) is 1. The Bertz CT molecular complexity index is 370. The van der Waals surface area contributed by atoms with Gasteiger partial charge in [0.2, 0.25) is 0 Å². The van der Waals surface area contributed by atoms with Crippen LogP contribution in [0.3, 0.4) is 0 Å². The molecule has 2 rings (SSSR count). The second-order valence-electron chi connectivity index (χ2n) is 4.18. The van der Waals surface area contributed by atoms with Gasteiger partial charge < -0.3 is 15.6 Å². The molecule has 3 N–H and O–H groups in total. The van der Waals surface area contributed by atoms with Crippen LogP contribution in [0, 0.1) is 11.7 Å². The van der Waals surface area contributed by atoms with Gasteiger partial charge in [-0.2, -0.15) is 0 Å². The highest BCUT2D eigenvalue weighted by atomic mass is 35.5. The molecule has 3 nitrogen and oxygen atoms in total. The molecular formula is C12H17ClFNO2. The molecule has 96 valence electrons. The zero-order chi connectivity index (χ0) is 11.5. The number of ether oxygens (including phenoxy) is 1. The zero-order valence-corrected chi connectivity index (χ0v) is 10.3. The van der Waals surface area contributed by atoms with Crippen LogP contribution in [-0.2, 0) is 4.74 Å². The van der Waals surface area contributed by atoms with Gasteiger partial charge in [-0.15, -0.1) is 12.4 Å². The van der Waals surface area contributed by atoms with E-state index in [1.165, 1.54) is 18.2 Å². The average molecular weight is 262 g/mol. The summed E-state index contributed by atoms with van der Waals surface area (Å²) in [5, 5.41) is 9.66. The Labute approximate surface area is 106 Å². The molecule has 1 aliphatic rings. The first-order valence-corrected chi connectivity index (χ1v) is 5.50. The molecule has 17 heavy (non-hydrogen) atoms. The van der Waals surface area contributed by atoms with E-state index < -0.39 is 0 Å². The highest BCUT2D eigenvalue weighted by Gasteiger charge is 2.24. The molecule has 1 aromatic carbocycles. The van der Waals surface area contributed by atoms with Crippen molar-refractivity contribution in [2.24, 2.45) is 11.7 Å². The number of phenolic OH excluding ortho intramolecular Hbond substituents is 1. The van der Waals surface area contributed by atoms with E-state index in [1.807, 2.05) is 0 Å². The second kappa shape index (κ2) is 6.19. The van der Waals surface area contributed by atoms with Gasteiger partial charge in [-0.3, -0.25) is 0 Å². The van der Waals surface area contributed by atoms with Gasteiger partial charge in [0.15, 0.2) is 0 Å². The van der Waals surface area contributed by atoms with Gasteiger partial charge in [-0.1, -0.05) is 0 Å². The van der Waals surface area contributed by atoms with Crippen LogP contribution in [0.2, 0.25) is 0 Å². The van der Waals surface area contributed by atoms with Crippen molar-refractivity contribution in [3.63, 3.8) is 0 Å². The summed E-state index contributed by atoms with van der Waals surface area (Å²) >= 11 is 0. The summed E-state index contributed by atoms with van der Waals surface area (Å²) in [7, 11) is 0. The largest absolute Gasteiger partial charge is 0.508 e. The van der Waals surface area contributed by atoms with Crippen molar-refractivity contribution in [2.45, 2.75) is 18.9 Å². The van der Waals surface area contributed by atoms with Crippen LogP contribution >= 0.6 is 12.4 Å². The van der Waals surface area contributed by atoms with Crippen molar-refractivity contribution in [1.82, 2.24) is 0 Å². The fraction of sp³-hybridized carbons (Fsp3) is 0.500. The molecule has 5 heteroatoms. The SMILES string of the molecule is Cl.N[C@H](c1cc(F)ccc1O)C1CCOCC1. The quantitative estimate of drug-likeness (QED) is 0.859. The first-order chi connectivity index (χ1) is 7.68. The standard InChI is InChI=1S/C12H16FNO2.ClH/c13-9-1-2-11(15)10(7-9)12(14)8-3-5-16-6-4-8;/h1-2,7-8,12,15H,3-6,14H2;1H/t12-;/m0./s1. The van der Waals surface area contributed by atoms with Crippen molar-refractivity contribution in [1.29, 1.82) is 0 Å². The van der Waals surface area contributed by atoms with Crippen LogP contribution in [0.1, 0.15) is 24.4 Å². The maximum Gasteiger partial charge on any atom is 0.123 e. The number of halogens is 2. The first kappa shape index (κ1) is 14.2. The van der Waals surface area contributed by atoms with E-state index in [2.05, 4.69) is 0 Å². The van der Waals surface area contributed by atoms with Crippen LogP contribution in [0.5, 0.6) is 5.75 Å². The fourth-order valence-corrected chi connectivity index (χ4v) is 2.12. The molecule has 1 saturated heterocycles. The summed E-state index contributed by atoms with van der Waals surface area (Å²) in [5.74, 6) is -0.0443. The Kier molecular flexibility index (Phi) is 5.18. The van der Waals surface area contributed by atoms with Gasteiger partial charge in [-0.25, -0.2) is 4.39 Å². The topological polar surface area (TPSA) is 55.5 Å². The van der Waals surface area contributed by atoms with Crippen molar-refractivity contribution in [3.05, 3.63) is 29.6 Å². The van der Waals surface area contributed by atoms with Crippen molar-refractivity contribution < 1.29 is 14.2 Å². The van der Waals surface area contributed by atoms with E-state index in [0.717, 1.165) is 12.8 Å². The third kappa shape index (κ3) is 3.31. The lowest BCUT2D eigenvalue weighted by molar-refractivity contribution is 0.0581. The molecular weight excluding hydrogens is 245 g/mol. The molecule has 0 aliphatic carbocycles. The minimum Gasteiger partial charge on any atom is -0.508 e. The highest BCUT2D eigenvalue weighted by molar-refractivity contribution is 5.85. The molecule has 0 aromatic heterocycles. The molecule has 0 spiro atoms. The minimum atomic E-state index is -0.365. The van der Waals surface area contributed by atoms with E-state index in [4.69, 9.17) is 10.5 Å². The lowest BCUT2D eigenvalue weighted by atomic mass is 9.87. The summed E-state index contributed by atoms with van der Waals surface area (Å²) in [4.78, 5) is 0. The Hall–Kier alpha value is -0.840. The van der Waals surface area contributed by atoms with E-state index in [1.54, 1.807) is 0 Å².